The van der Waals surface area contributed by atoms with Crippen LogP contribution in [-0.4, -0.2) is 8.07 Å². The van der Waals surface area contributed by atoms with Crippen molar-refractivity contribution < 1.29 is 0 Å². The van der Waals surface area contributed by atoms with Crippen LogP contribution in [0.2, 0.25) is 0 Å². The monoisotopic (exact) mass is 464 g/mol. The molecule has 0 aromatic heterocycles. The van der Waals surface area contributed by atoms with Gasteiger partial charge < -0.3 is 0 Å². The topological polar surface area (TPSA) is 0 Å². The first kappa shape index (κ1) is 24.5. The van der Waals surface area contributed by atoms with Crippen molar-refractivity contribution in [2.24, 2.45) is 0 Å². The van der Waals surface area contributed by atoms with Gasteiger partial charge in [0, 0.05) is 0 Å². The van der Waals surface area contributed by atoms with Crippen molar-refractivity contribution in [3.8, 4) is 0 Å². The molecule has 0 amide bonds. The number of rotatable bonds is 10. The van der Waals surface area contributed by atoms with Gasteiger partial charge in [0.15, 0.2) is 8.07 Å². The van der Waals surface area contributed by atoms with Gasteiger partial charge in [0.1, 0.15) is 0 Å². The van der Waals surface area contributed by atoms with E-state index >= 15 is 0 Å². The van der Waals surface area contributed by atoms with Crippen molar-refractivity contribution in [1.29, 1.82) is 0 Å². The second kappa shape index (κ2) is 11.2. The number of allylic oxidation sites excluding steroid dienone is 4. The highest BCUT2D eigenvalue weighted by Gasteiger charge is 2.44. The zero-order chi connectivity index (χ0) is 24.0. The fourth-order valence-electron chi connectivity index (χ4n) is 5.67. The van der Waals surface area contributed by atoms with Crippen LogP contribution in [-0.2, 0) is 12.8 Å². The Morgan fingerprint density at radius 3 is 1.50 bits per heavy atom. The summed E-state index contributed by atoms with van der Waals surface area (Å²) in [7, 11) is -2.38. The molecule has 0 atom stereocenters. The zero-order valence-electron chi connectivity index (χ0n) is 21.5. The zero-order valence-corrected chi connectivity index (χ0v) is 22.5. The maximum absolute atomic E-state index is 2.46. The molecule has 0 N–H and O–H groups in total. The Balaban J connectivity index is 1.93. The lowest BCUT2D eigenvalue weighted by Crippen LogP contribution is -2.68. The highest BCUT2D eigenvalue weighted by molar-refractivity contribution is 7.16. The molecule has 0 nitrogen and oxygen atoms in total. The van der Waals surface area contributed by atoms with Crippen molar-refractivity contribution in [3.05, 3.63) is 112 Å². The number of unbranched alkanes of at least 4 members (excludes halogenated alkanes) is 2. The minimum Gasteiger partial charge on any atom is -0.0694 e. The SMILES string of the molecule is CCCCc1ccc([Si](C2=C(C)C=C(C)C2)(c2ccccc2)c2ccc(CCCC)cc2)cc1. The third-order valence-corrected chi connectivity index (χ3v) is 12.5. The summed E-state index contributed by atoms with van der Waals surface area (Å²) in [6.07, 6.45) is 10.8. The summed E-state index contributed by atoms with van der Waals surface area (Å²) in [5.74, 6) is 0. The number of hydrogen-bond acceptors (Lipinski definition) is 0. The summed E-state index contributed by atoms with van der Waals surface area (Å²) in [6, 6.07) is 30.8. The van der Waals surface area contributed by atoms with Crippen LogP contribution in [0.15, 0.2) is 101 Å². The molecule has 3 aromatic rings. The fraction of sp³-hybridized carbons (Fsp3) is 0.333. The summed E-state index contributed by atoms with van der Waals surface area (Å²) in [5, 5.41) is 6.17. The third-order valence-electron chi connectivity index (χ3n) is 7.47. The van der Waals surface area contributed by atoms with Crippen LogP contribution < -0.4 is 15.6 Å². The van der Waals surface area contributed by atoms with Gasteiger partial charge in [0.05, 0.1) is 0 Å². The molecule has 0 heterocycles. The summed E-state index contributed by atoms with van der Waals surface area (Å²) < 4.78 is 0. The maximum atomic E-state index is 2.46. The third kappa shape index (κ3) is 4.91. The number of hydrogen-bond donors (Lipinski definition) is 0. The molecule has 176 valence electrons. The molecule has 1 aliphatic rings. The van der Waals surface area contributed by atoms with Crippen LogP contribution >= 0.6 is 0 Å². The van der Waals surface area contributed by atoms with E-state index < -0.39 is 8.07 Å². The fourth-order valence-corrected chi connectivity index (χ4v) is 10.9. The minimum atomic E-state index is -2.38. The number of benzene rings is 3. The molecule has 0 saturated carbocycles. The molecule has 0 spiro atoms. The van der Waals surface area contributed by atoms with Gasteiger partial charge in [-0.25, -0.2) is 0 Å². The van der Waals surface area contributed by atoms with E-state index in [0.29, 0.717) is 0 Å². The molecule has 1 heteroatoms. The molecule has 1 aliphatic carbocycles. The second-order valence-corrected chi connectivity index (χ2v) is 13.9. The lowest BCUT2D eigenvalue weighted by Gasteiger charge is -2.36. The quantitative estimate of drug-likeness (QED) is 0.223. The highest BCUT2D eigenvalue weighted by Crippen LogP contribution is 2.32. The van der Waals surface area contributed by atoms with Crippen molar-refractivity contribution in [2.75, 3.05) is 0 Å². The van der Waals surface area contributed by atoms with Gasteiger partial charge in [0.25, 0.3) is 0 Å². The standard InChI is InChI=1S/C33H40Si/c1-5-7-12-28-16-20-31(21-17-28)34(30-14-10-9-11-15-30,33-25-26(3)24-27(33)4)32-22-18-29(19-23-32)13-8-6-2/h9-11,14-24H,5-8,12-13,25H2,1-4H3. The summed E-state index contributed by atoms with van der Waals surface area (Å²) in [4.78, 5) is 0. The van der Waals surface area contributed by atoms with E-state index in [4.69, 9.17) is 0 Å². The van der Waals surface area contributed by atoms with E-state index in [1.165, 1.54) is 76.4 Å². The molecule has 0 saturated heterocycles. The normalized spacial score (nSPS) is 13.9. The average Bonchev–Trinajstić information content (AvgIpc) is 3.22. The Labute approximate surface area is 208 Å². The van der Waals surface area contributed by atoms with Gasteiger partial charge in [-0.15, -0.1) is 0 Å². The maximum Gasteiger partial charge on any atom is 0.176 e. The van der Waals surface area contributed by atoms with E-state index in [-0.39, 0.29) is 0 Å². The molecular weight excluding hydrogens is 424 g/mol. The largest absolute Gasteiger partial charge is 0.176 e. The van der Waals surface area contributed by atoms with E-state index in [0.717, 1.165) is 6.42 Å². The van der Waals surface area contributed by atoms with Crippen molar-refractivity contribution in [1.82, 2.24) is 0 Å². The molecule has 0 bridgehead atoms. The first-order valence-electron chi connectivity index (χ1n) is 13.2. The summed E-state index contributed by atoms with van der Waals surface area (Å²) in [6.45, 7) is 9.18. The van der Waals surface area contributed by atoms with Gasteiger partial charge >= 0.3 is 0 Å². The van der Waals surface area contributed by atoms with Crippen LogP contribution in [0.5, 0.6) is 0 Å². The van der Waals surface area contributed by atoms with Crippen LogP contribution in [0.25, 0.3) is 0 Å². The molecule has 0 radical (unpaired) electrons. The lowest BCUT2D eigenvalue weighted by molar-refractivity contribution is 0.795. The van der Waals surface area contributed by atoms with Gasteiger partial charge in [-0.2, -0.15) is 0 Å². The van der Waals surface area contributed by atoms with Gasteiger partial charge in [-0.1, -0.05) is 128 Å². The second-order valence-electron chi connectivity index (χ2n) is 10.0. The lowest BCUT2D eigenvalue weighted by atomic mass is 10.1. The molecule has 0 aliphatic heterocycles. The molecule has 34 heavy (non-hydrogen) atoms. The smallest absolute Gasteiger partial charge is 0.0694 e. The molecule has 0 fully saturated rings. The average molecular weight is 465 g/mol. The van der Waals surface area contributed by atoms with E-state index in [1.54, 1.807) is 5.20 Å². The van der Waals surface area contributed by atoms with Crippen LogP contribution in [0.3, 0.4) is 0 Å². The van der Waals surface area contributed by atoms with Crippen LogP contribution in [0.1, 0.15) is 70.9 Å². The Kier molecular flexibility index (Phi) is 8.06. The van der Waals surface area contributed by atoms with Gasteiger partial charge in [0.2, 0.25) is 0 Å². The first-order valence-corrected chi connectivity index (χ1v) is 15.2. The molecule has 3 aromatic carbocycles. The predicted molar refractivity (Wildman–Crippen MR) is 152 cm³/mol. The van der Waals surface area contributed by atoms with E-state index in [9.17, 15) is 0 Å². The van der Waals surface area contributed by atoms with Gasteiger partial charge in [-0.05, 0) is 72.6 Å². The highest BCUT2D eigenvalue weighted by atomic mass is 28.3. The number of aryl methyl sites for hydroxylation is 2. The van der Waals surface area contributed by atoms with E-state index in [1.807, 2.05) is 0 Å². The Hall–Kier alpha value is -2.64. The molecule has 0 unspecified atom stereocenters. The molecular formula is C33H40Si. The van der Waals surface area contributed by atoms with Crippen molar-refractivity contribution in [3.63, 3.8) is 0 Å². The Morgan fingerprint density at radius 1 is 0.618 bits per heavy atom. The van der Waals surface area contributed by atoms with Crippen molar-refractivity contribution in [2.45, 2.75) is 72.6 Å². The summed E-state index contributed by atoms with van der Waals surface area (Å²) >= 11 is 0. The van der Waals surface area contributed by atoms with Gasteiger partial charge in [-0.3, -0.25) is 0 Å². The molecule has 4 rings (SSSR count). The predicted octanol–water partition coefficient (Wildman–Crippen LogP) is 7.05. The Morgan fingerprint density at radius 2 is 1.09 bits per heavy atom. The van der Waals surface area contributed by atoms with Crippen molar-refractivity contribution >= 4 is 23.6 Å². The minimum absolute atomic E-state index is 1.09. The summed E-state index contributed by atoms with van der Waals surface area (Å²) in [5.41, 5.74) is 5.88. The van der Waals surface area contributed by atoms with Crippen LogP contribution in [0, 0.1) is 0 Å². The first-order chi connectivity index (χ1) is 16.6. The Bertz CT molecular complexity index is 1080. The van der Waals surface area contributed by atoms with E-state index in [2.05, 4.69) is 113 Å². The van der Waals surface area contributed by atoms with Crippen LogP contribution in [0.4, 0.5) is 0 Å².